The highest BCUT2D eigenvalue weighted by molar-refractivity contribution is 6.42. The van der Waals surface area contributed by atoms with Crippen molar-refractivity contribution < 1.29 is 4.74 Å². The van der Waals surface area contributed by atoms with Gasteiger partial charge in [-0.05, 0) is 31.4 Å². The molecule has 1 saturated carbocycles. The predicted molar refractivity (Wildman–Crippen MR) is 84.0 cm³/mol. The van der Waals surface area contributed by atoms with Gasteiger partial charge in [0, 0.05) is 6.61 Å². The van der Waals surface area contributed by atoms with Gasteiger partial charge in [-0.2, -0.15) is 0 Å². The summed E-state index contributed by atoms with van der Waals surface area (Å²) in [5, 5.41) is 1.11. The lowest BCUT2D eigenvalue weighted by atomic mass is 9.76. The van der Waals surface area contributed by atoms with Crippen LogP contribution in [0.5, 0.6) is 0 Å². The summed E-state index contributed by atoms with van der Waals surface area (Å²) < 4.78 is 6.13. The van der Waals surface area contributed by atoms with Crippen LogP contribution >= 0.6 is 23.2 Å². The number of hydrogen-bond acceptors (Lipinski definition) is 3. The zero-order chi connectivity index (χ0) is 14.6. The van der Waals surface area contributed by atoms with Gasteiger partial charge < -0.3 is 4.74 Å². The SMILES string of the molecule is CCOC1(C(NN)c2cccc(Cl)c2Cl)CCCCC1. The van der Waals surface area contributed by atoms with Crippen LogP contribution in [0.1, 0.15) is 50.6 Å². The third-order valence-corrected chi connectivity index (χ3v) is 4.95. The Balaban J connectivity index is 2.39. The summed E-state index contributed by atoms with van der Waals surface area (Å²) in [5.41, 5.74) is 3.53. The van der Waals surface area contributed by atoms with Gasteiger partial charge in [0.15, 0.2) is 0 Å². The normalized spacial score (nSPS) is 19.8. The van der Waals surface area contributed by atoms with Gasteiger partial charge in [-0.1, -0.05) is 54.6 Å². The van der Waals surface area contributed by atoms with Gasteiger partial charge >= 0.3 is 0 Å². The van der Waals surface area contributed by atoms with Gasteiger partial charge in [0.1, 0.15) is 0 Å². The van der Waals surface area contributed by atoms with Crippen molar-refractivity contribution in [2.75, 3.05) is 6.61 Å². The highest BCUT2D eigenvalue weighted by Crippen LogP contribution is 2.44. The second-order valence-electron chi connectivity index (χ2n) is 5.30. The molecule has 1 fully saturated rings. The molecule has 1 atom stereocenters. The second kappa shape index (κ2) is 7.10. The van der Waals surface area contributed by atoms with Crippen molar-refractivity contribution in [3.8, 4) is 0 Å². The quantitative estimate of drug-likeness (QED) is 0.631. The van der Waals surface area contributed by atoms with Crippen LogP contribution in [0.3, 0.4) is 0 Å². The Morgan fingerprint density at radius 2 is 2.00 bits per heavy atom. The molecule has 20 heavy (non-hydrogen) atoms. The van der Waals surface area contributed by atoms with E-state index >= 15 is 0 Å². The Morgan fingerprint density at radius 1 is 1.30 bits per heavy atom. The lowest BCUT2D eigenvalue weighted by Crippen LogP contribution is -2.50. The zero-order valence-electron chi connectivity index (χ0n) is 11.8. The van der Waals surface area contributed by atoms with E-state index in [0.717, 1.165) is 31.2 Å². The monoisotopic (exact) mass is 316 g/mol. The van der Waals surface area contributed by atoms with E-state index in [4.69, 9.17) is 33.8 Å². The maximum Gasteiger partial charge on any atom is 0.0889 e. The average Bonchev–Trinajstić information content (AvgIpc) is 2.45. The summed E-state index contributed by atoms with van der Waals surface area (Å²) in [6, 6.07) is 5.51. The van der Waals surface area contributed by atoms with Crippen molar-refractivity contribution in [1.29, 1.82) is 0 Å². The molecule has 112 valence electrons. The van der Waals surface area contributed by atoms with Crippen LogP contribution in [-0.2, 0) is 4.74 Å². The standard InChI is InChI=1S/C15H22Cl2N2O/c1-2-20-15(9-4-3-5-10-15)14(19-18)11-7-6-8-12(16)13(11)17/h6-8,14,19H,2-5,9-10,18H2,1H3. The van der Waals surface area contributed by atoms with E-state index in [1.54, 1.807) is 6.07 Å². The lowest BCUT2D eigenvalue weighted by Gasteiger charge is -2.43. The molecule has 0 saturated heterocycles. The first-order valence-corrected chi connectivity index (χ1v) is 7.94. The molecule has 1 aromatic carbocycles. The summed E-state index contributed by atoms with van der Waals surface area (Å²) in [7, 11) is 0. The van der Waals surface area contributed by atoms with Crippen LogP contribution in [0.15, 0.2) is 18.2 Å². The number of benzene rings is 1. The molecule has 0 aromatic heterocycles. The molecular weight excluding hydrogens is 295 g/mol. The van der Waals surface area contributed by atoms with Crippen LogP contribution in [0.4, 0.5) is 0 Å². The maximum atomic E-state index is 6.37. The van der Waals surface area contributed by atoms with Crippen molar-refractivity contribution in [3.05, 3.63) is 33.8 Å². The van der Waals surface area contributed by atoms with E-state index in [-0.39, 0.29) is 11.6 Å². The maximum absolute atomic E-state index is 6.37. The summed E-state index contributed by atoms with van der Waals surface area (Å²) in [6.45, 7) is 2.68. The third kappa shape index (κ3) is 3.12. The first kappa shape index (κ1) is 16.1. The Bertz CT molecular complexity index is 442. The van der Waals surface area contributed by atoms with Crippen molar-refractivity contribution in [2.24, 2.45) is 5.84 Å². The number of nitrogens with two attached hydrogens (primary N) is 1. The summed E-state index contributed by atoms with van der Waals surface area (Å²) in [4.78, 5) is 0. The Labute approximate surface area is 130 Å². The number of ether oxygens (including phenoxy) is 1. The van der Waals surface area contributed by atoms with Gasteiger partial charge in [0.25, 0.3) is 0 Å². The molecule has 0 radical (unpaired) electrons. The van der Waals surface area contributed by atoms with Crippen molar-refractivity contribution in [3.63, 3.8) is 0 Å². The molecule has 3 N–H and O–H groups in total. The minimum absolute atomic E-state index is 0.144. The van der Waals surface area contributed by atoms with Crippen LogP contribution in [0, 0.1) is 0 Å². The molecule has 1 aromatic rings. The van der Waals surface area contributed by atoms with E-state index < -0.39 is 0 Å². The Morgan fingerprint density at radius 3 is 2.60 bits per heavy atom. The van der Waals surface area contributed by atoms with E-state index in [1.165, 1.54) is 6.42 Å². The fourth-order valence-electron chi connectivity index (χ4n) is 3.22. The van der Waals surface area contributed by atoms with E-state index in [1.807, 2.05) is 19.1 Å². The highest BCUT2D eigenvalue weighted by atomic mass is 35.5. The van der Waals surface area contributed by atoms with E-state index in [0.29, 0.717) is 16.7 Å². The lowest BCUT2D eigenvalue weighted by molar-refractivity contribution is -0.0913. The number of rotatable bonds is 5. The van der Waals surface area contributed by atoms with Gasteiger partial charge in [-0.15, -0.1) is 0 Å². The van der Waals surface area contributed by atoms with E-state index in [2.05, 4.69) is 5.43 Å². The third-order valence-electron chi connectivity index (χ3n) is 4.12. The number of hydrogen-bond donors (Lipinski definition) is 2. The number of halogens is 2. The van der Waals surface area contributed by atoms with Gasteiger partial charge in [-0.25, -0.2) is 0 Å². The molecule has 5 heteroatoms. The fraction of sp³-hybridized carbons (Fsp3) is 0.600. The summed E-state index contributed by atoms with van der Waals surface area (Å²) >= 11 is 12.5. The first-order chi connectivity index (χ1) is 9.64. The molecule has 2 rings (SSSR count). The van der Waals surface area contributed by atoms with Crippen molar-refractivity contribution >= 4 is 23.2 Å². The molecular formula is C15H22Cl2N2O. The molecule has 0 spiro atoms. The smallest absolute Gasteiger partial charge is 0.0889 e. The predicted octanol–water partition coefficient (Wildman–Crippen LogP) is 4.24. The van der Waals surface area contributed by atoms with E-state index in [9.17, 15) is 0 Å². The molecule has 0 bridgehead atoms. The van der Waals surface area contributed by atoms with Crippen LogP contribution in [0.2, 0.25) is 10.0 Å². The van der Waals surface area contributed by atoms with Gasteiger partial charge in [0.2, 0.25) is 0 Å². The molecule has 0 heterocycles. The molecule has 3 nitrogen and oxygen atoms in total. The molecule has 1 aliphatic rings. The van der Waals surface area contributed by atoms with Gasteiger partial charge in [0.05, 0.1) is 21.7 Å². The summed E-state index contributed by atoms with van der Waals surface area (Å²) in [6.07, 6.45) is 5.51. The molecule has 0 aliphatic heterocycles. The van der Waals surface area contributed by atoms with Crippen molar-refractivity contribution in [2.45, 2.75) is 50.7 Å². The topological polar surface area (TPSA) is 47.3 Å². The van der Waals surface area contributed by atoms with Crippen LogP contribution in [0.25, 0.3) is 0 Å². The highest BCUT2D eigenvalue weighted by Gasteiger charge is 2.42. The van der Waals surface area contributed by atoms with Crippen LogP contribution in [-0.4, -0.2) is 12.2 Å². The average molecular weight is 317 g/mol. The largest absolute Gasteiger partial charge is 0.373 e. The second-order valence-corrected chi connectivity index (χ2v) is 6.09. The molecule has 1 aliphatic carbocycles. The fourth-order valence-corrected chi connectivity index (χ4v) is 3.64. The number of nitrogens with one attached hydrogen (secondary N) is 1. The minimum Gasteiger partial charge on any atom is -0.373 e. The summed E-state index contributed by atoms with van der Waals surface area (Å²) in [5.74, 6) is 5.84. The Kier molecular flexibility index (Phi) is 5.70. The molecule has 0 amide bonds. The van der Waals surface area contributed by atoms with Crippen molar-refractivity contribution in [1.82, 2.24) is 5.43 Å². The Hall–Kier alpha value is -0.320. The minimum atomic E-state index is -0.296. The van der Waals surface area contributed by atoms with Gasteiger partial charge in [-0.3, -0.25) is 11.3 Å². The van der Waals surface area contributed by atoms with Crippen LogP contribution < -0.4 is 11.3 Å². The molecule has 1 unspecified atom stereocenters. The zero-order valence-corrected chi connectivity index (χ0v) is 13.3. The number of hydrazine groups is 1. The first-order valence-electron chi connectivity index (χ1n) is 7.18.